The Morgan fingerprint density at radius 3 is 2.27 bits per heavy atom. The number of aromatic nitrogens is 1. The number of hydrogen-bond acceptors (Lipinski definition) is 5. The Morgan fingerprint density at radius 1 is 1.40 bits per heavy atom. The molecule has 1 heterocycles. The Balaban J connectivity index is 2.80. The SMILES string of the molecule is NC(=O)CN(CC(N)=O)c1nc(Cl)cs1. The van der Waals surface area contributed by atoms with Crippen LogP contribution in [0.5, 0.6) is 0 Å². The van der Waals surface area contributed by atoms with Gasteiger partial charge in [-0.2, -0.15) is 0 Å². The van der Waals surface area contributed by atoms with E-state index in [1.54, 1.807) is 5.38 Å². The Labute approximate surface area is 94.8 Å². The summed E-state index contributed by atoms with van der Waals surface area (Å²) in [7, 11) is 0. The lowest BCUT2D eigenvalue weighted by atomic mass is 10.5. The lowest BCUT2D eigenvalue weighted by Gasteiger charge is -2.17. The molecule has 8 heteroatoms. The second-order valence-corrected chi connectivity index (χ2v) is 3.97. The van der Waals surface area contributed by atoms with Crippen LogP contribution in [-0.4, -0.2) is 29.9 Å². The molecule has 0 aliphatic carbocycles. The van der Waals surface area contributed by atoms with Crippen molar-refractivity contribution in [3.05, 3.63) is 10.5 Å². The van der Waals surface area contributed by atoms with Crippen LogP contribution >= 0.6 is 22.9 Å². The molecule has 0 bridgehead atoms. The fourth-order valence-corrected chi connectivity index (χ4v) is 1.91. The van der Waals surface area contributed by atoms with Crippen molar-refractivity contribution in [3.63, 3.8) is 0 Å². The Hall–Kier alpha value is -1.34. The Morgan fingerprint density at radius 2 is 1.93 bits per heavy atom. The van der Waals surface area contributed by atoms with Crippen molar-refractivity contribution >= 4 is 39.9 Å². The average molecular weight is 249 g/mol. The van der Waals surface area contributed by atoms with Crippen LogP contribution in [-0.2, 0) is 9.59 Å². The van der Waals surface area contributed by atoms with Crippen molar-refractivity contribution in [1.82, 2.24) is 4.98 Å². The predicted octanol–water partition coefficient (Wildman–Crippen LogP) is -0.426. The van der Waals surface area contributed by atoms with Crippen molar-refractivity contribution < 1.29 is 9.59 Å². The number of carbonyl (C=O) groups excluding carboxylic acids is 2. The number of anilines is 1. The van der Waals surface area contributed by atoms with Gasteiger partial charge in [0.15, 0.2) is 5.13 Å². The maximum absolute atomic E-state index is 10.7. The molecule has 6 nitrogen and oxygen atoms in total. The molecular formula is C7H9ClN4O2S. The first-order valence-electron chi connectivity index (χ1n) is 3.91. The predicted molar refractivity (Wildman–Crippen MR) is 57.7 cm³/mol. The number of amides is 2. The van der Waals surface area contributed by atoms with Gasteiger partial charge in [-0.25, -0.2) is 4.98 Å². The van der Waals surface area contributed by atoms with Crippen molar-refractivity contribution in [1.29, 1.82) is 0 Å². The Kier molecular flexibility index (Phi) is 3.87. The van der Waals surface area contributed by atoms with Crippen LogP contribution in [0.4, 0.5) is 5.13 Å². The van der Waals surface area contributed by atoms with E-state index in [1.165, 1.54) is 16.2 Å². The molecule has 2 amide bonds. The lowest BCUT2D eigenvalue weighted by molar-refractivity contribution is -0.117. The number of halogens is 1. The highest BCUT2D eigenvalue weighted by Gasteiger charge is 2.15. The van der Waals surface area contributed by atoms with E-state index in [-0.39, 0.29) is 13.1 Å². The van der Waals surface area contributed by atoms with Gasteiger partial charge in [0.1, 0.15) is 5.15 Å². The molecule has 4 N–H and O–H groups in total. The quantitative estimate of drug-likeness (QED) is 0.738. The van der Waals surface area contributed by atoms with Crippen molar-refractivity contribution in [2.45, 2.75) is 0 Å². The summed E-state index contributed by atoms with van der Waals surface area (Å²) >= 11 is 6.83. The first-order chi connectivity index (χ1) is 6.99. The van der Waals surface area contributed by atoms with E-state index in [0.717, 1.165) is 0 Å². The van der Waals surface area contributed by atoms with Gasteiger partial charge in [-0.05, 0) is 0 Å². The van der Waals surface area contributed by atoms with E-state index in [1.807, 2.05) is 0 Å². The van der Waals surface area contributed by atoms with E-state index in [0.29, 0.717) is 10.3 Å². The molecule has 0 aliphatic heterocycles. The molecule has 0 radical (unpaired) electrons. The van der Waals surface area contributed by atoms with Gasteiger partial charge in [-0.1, -0.05) is 11.6 Å². The minimum absolute atomic E-state index is 0.118. The highest BCUT2D eigenvalue weighted by atomic mass is 35.5. The first-order valence-corrected chi connectivity index (χ1v) is 5.17. The smallest absolute Gasteiger partial charge is 0.237 e. The van der Waals surface area contributed by atoms with Crippen molar-refractivity contribution in [2.75, 3.05) is 18.0 Å². The zero-order chi connectivity index (χ0) is 11.4. The minimum atomic E-state index is -0.567. The number of thiazole rings is 1. The summed E-state index contributed by atoms with van der Waals surface area (Å²) in [5.74, 6) is -1.13. The number of hydrogen-bond donors (Lipinski definition) is 2. The molecule has 0 saturated heterocycles. The van der Waals surface area contributed by atoms with E-state index in [9.17, 15) is 9.59 Å². The van der Waals surface area contributed by atoms with Gasteiger partial charge in [0.05, 0.1) is 13.1 Å². The lowest BCUT2D eigenvalue weighted by Crippen LogP contribution is -2.39. The maximum Gasteiger partial charge on any atom is 0.237 e. The molecule has 0 atom stereocenters. The maximum atomic E-state index is 10.7. The third-order valence-corrected chi connectivity index (χ3v) is 2.65. The number of rotatable bonds is 5. The molecular weight excluding hydrogens is 240 g/mol. The van der Waals surface area contributed by atoms with Crippen molar-refractivity contribution in [2.24, 2.45) is 11.5 Å². The van der Waals surface area contributed by atoms with E-state index >= 15 is 0 Å². The molecule has 0 unspecified atom stereocenters. The van der Waals surface area contributed by atoms with Gasteiger partial charge < -0.3 is 16.4 Å². The van der Waals surface area contributed by atoms with Gasteiger partial charge in [-0.3, -0.25) is 9.59 Å². The second-order valence-electron chi connectivity index (χ2n) is 2.74. The largest absolute Gasteiger partial charge is 0.368 e. The minimum Gasteiger partial charge on any atom is -0.368 e. The third-order valence-electron chi connectivity index (χ3n) is 1.43. The molecule has 1 aromatic rings. The van der Waals surface area contributed by atoms with Crippen LogP contribution in [0.3, 0.4) is 0 Å². The highest BCUT2D eigenvalue weighted by Crippen LogP contribution is 2.22. The number of primary amides is 2. The van der Waals surface area contributed by atoms with Gasteiger partial charge in [0.25, 0.3) is 0 Å². The van der Waals surface area contributed by atoms with Crippen LogP contribution < -0.4 is 16.4 Å². The molecule has 0 aliphatic rings. The molecule has 0 spiro atoms. The zero-order valence-corrected chi connectivity index (χ0v) is 9.22. The topological polar surface area (TPSA) is 102 Å². The van der Waals surface area contributed by atoms with Crippen LogP contribution in [0.2, 0.25) is 5.15 Å². The van der Waals surface area contributed by atoms with E-state index in [4.69, 9.17) is 23.1 Å². The molecule has 82 valence electrons. The standard InChI is InChI=1S/C7H9ClN4O2S/c8-4-3-15-7(11-4)12(1-5(9)13)2-6(10)14/h3H,1-2H2,(H2,9,13)(H2,10,14). The summed E-state index contributed by atoms with van der Waals surface area (Å²) in [5, 5.41) is 2.33. The van der Waals surface area contributed by atoms with E-state index in [2.05, 4.69) is 4.98 Å². The van der Waals surface area contributed by atoms with Crippen molar-refractivity contribution in [3.8, 4) is 0 Å². The van der Waals surface area contributed by atoms with Crippen LogP contribution in [0.25, 0.3) is 0 Å². The summed E-state index contributed by atoms with van der Waals surface area (Å²) in [6, 6.07) is 0. The fraction of sp³-hybridized carbons (Fsp3) is 0.286. The van der Waals surface area contributed by atoms with E-state index < -0.39 is 11.8 Å². The van der Waals surface area contributed by atoms with Crippen LogP contribution in [0, 0.1) is 0 Å². The first kappa shape index (κ1) is 11.7. The van der Waals surface area contributed by atoms with Crippen LogP contribution in [0.15, 0.2) is 5.38 Å². The summed E-state index contributed by atoms with van der Waals surface area (Å²) in [6.45, 7) is -0.237. The van der Waals surface area contributed by atoms with Gasteiger partial charge >= 0.3 is 0 Å². The summed E-state index contributed by atoms with van der Waals surface area (Å²) < 4.78 is 0. The zero-order valence-electron chi connectivity index (χ0n) is 7.64. The number of nitrogens with zero attached hydrogens (tertiary/aromatic N) is 2. The monoisotopic (exact) mass is 248 g/mol. The molecule has 0 aromatic carbocycles. The number of nitrogens with two attached hydrogens (primary N) is 2. The summed E-state index contributed by atoms with van der Waals surface area (Å²) in [5.41, 5.74) is 10.0. The average Bonchev–Trinajstić information content (AvgIpc) is 2.48. The number of carbonyl (C=O) groups is 2. The fourth-order valence-electron chi connectivity index (χ4n) is 0.958. The van der Waals surface area contributed by atoms with Gasteiger partial charge in [0, 0.05) is 5.38 Å². The normalized spacial score (nSPS) is 9.93. The van der Waals surface area contributed by atoms with Crippen LogP contribution in [0.1, 0.15) is 0 Å². The molecule has 0 fully saturated rings. The summed E-state index contributed by atoms with van der Waals surface area (Å²) in [4.78, 5) is 26.8. The second kappa shape index (κ2) is 4.94. The Bertz CT molecular complexity index is 365. The molecule has 1 rings (SSSR count). The summed E-state index contributed by atoms with van der Waals surface area (Å²) in [6.07, 6.45) is 0. The third kappa shape index (κ3) is 3.72. The molecule has 1 aromatic heterocycles. The highest BCUT2D eigenvalue weighted by molar-refractivity contribution is 7.14. The van der Waals surface area contributed by atoms with Gasteiger partial charge in [0.2, 0.25) is 11.8 Å². The van der Waals surface area contributed by atoms with Gasteiger partial charge in [-0.15, -0.1) is 11.3 Å². The molecule has 15 heavy (non-hydrogen) atoms. The molecule has 0 saturated carbocycles.